The average Bonchev–Trinajstić information content (AvgIpc) is 2.59. The second kappa shape index (κ2) is 8.53. The summed E-state index contributed by atoms with van der Waals surface area (Å²) in [6.45, 7) is 16.8. The van der Waals surface area contributed by atoms with Crippen molar-refractivity contribution in [2.75, 3.05) is 0 Å². The molecule has 0 fully saturated rings. The lowest BCUT2D eigenvalue weighted by atomic mass is 9.86. The van der Waals surface area contributed by atoms with Crippen LogP contribution in [0, 0.1) is 0 Å². The van der Waals surface area contributed by atoms with Crippen molar-refractivity contribution in [3.8, 4) is 11.5 Å². The van der Waals surface area contributed by atoms with Crippen LogP contribution in [0.15, 0.2) is 36.4 Å². The van der Waals surface area contributed by atoms with Crippen molar-refractivity contribution in [3.63, 3.8) is 0 Å². The normalized spacial score (nSPS) is 12.7. The van der Waals surface area contributed by atoms with Gasteiger partial charge in [-0.05, 0) is 58.1 Å². The molecule has 0 saturated carbocycles. The number of phosphoric ester groups is 1. The third kappa shape index (κ3) is 6.10. The topological polar surface area (TPSA) is 55.8 Å². The van der Waals surface area contributed by atoms with Gasteiger partial charge in [0.2, 0.25) is 0 Å². The predicted molar refractivity (Wildman–Crippen MR) is 120 cm³/mol. The van der Waals surface area contributed by atoms with Crippen LogP contribution in [0.3, 0.4) is 0 Å². The van der Waals surface area contributed by atoms with Crippen molar-refractivity contribution >= 4 is 7.82 Å². The Balaban J connectivity index is 2.30. The summed E-state index contributed by atoms with van der Waals surface area (Å²) < 4.78 is 23.7. The van der Waals surface area contributed by atoms with Gasteiger partial charge in [0.1, 0.15) is 11.5 Å². The van der Waals surface area contributed by atoms with Crippen LogP contribution < -0.4 is 9.05 Å². The van der Waals surface area contributed by atoms with Crippen molar-refractivity contribution in [3.05, 3.63) is 58.7 Å². The van der Waals surface area contributed by atoms with Gasteiger partial charge in [-0.25, -0.2) is 4.57 Å². The first kappa shape index (κ1) is 23.5. The zero-order chi connectivity index (χ0) is 22.0. The molecule has 0 aromatic heterocycles. The first-order valence-corrected chi connectivity index (χ1v) is 11.7. The first-order valence-electron chi connectivity index (χ1n) is 10.3. The quantitative estimate of drug-likeness (QED) is 0.515. The predicted octanol–water partition coefficient (Wildman–Crippen LogP) is 6.96. The second-order valence-electron chi connectivity index (χ2n) is 9.50. The van der Waals surface area contributed by atoms with Crippen LogP contribution in [-0.4, -0.2) is 4.89 Å². The van der Waals surface area contributed by atoms with Gasteiger partial charge in [-0.15, -0.1) is 0 Å². The maximum absolute atomic E-state index is 12.8. The van der Waals surface area contributed by atoms with E-state index < -0.39 is 7.82 Å². The summed E-state index contributed by atoms with van der Waals surface area (Å²) in [5.41, 5.74) is 4.06. The molecule has 2 aromatic carbocycles. The van der Waals surface area contributed by atoms with E-state index in [-0.39, 0.29) is 10.8 Å². The molecule has 0 aliphatic heterocycles. The van der Waals surface area contributed by atoms with Gasteiger partial charge in [0.15, 0.2) is 0 Å². The maximum Gasteiger partial charge on any atom is 0.584 e. The highest BCUT2D eigenvalue weighted by atomic mass is 31.2. The third-order valence-electron chi connectivity index (χ3n) is 5.04. The van der Waals surface area contributed by atoms with E-state index in [1.165, 1.54) is 0 Å². The summed E-state index contributed by atoms with van der Waals surface area (Å²) in [4.78, 5) is 10.4. The smallest absolute Gasteiger partial charge is 0.395 e. The summed E-state index contributed by atoms with van der Waals surface area (Å²) in [6, 6.07) is 11.5. The summed E-state index contributed by atoms with van der Waals surface area (Å²) in [5.74, 6) is 0.770. The molecule has 29 heavy (non-hydrogen) atoms. The van der Waals surface area contributed by atoms with Gasteiger partial charge in [-0.3, -0.25) is 4.89 Å². The lowest BCUT2D eigenvalue weighted by Gasteiger charge is -2.23. The van der Waals surface area contributed by atoms with E-state index in [4.69, 9.17) is 9.05 Å². The van der Waals surface area contributed by atoms with Gasteiger partial charge in [0.25, 0.3) is 0 Å². The highest BCUT2D eigenvalue weighted by Crippen LogP contribution is 2.47. The Morgan fingerprint density at radius 1 is 0.759 bits per heavy atom. The van der Waals surface area contributed by atoms with Gasteiger partial charge in [0, 0.05) is 0 Å². The average molecular weight is 419 g/mol. The Hall–Kier alpha value is -1.77. The third-order valence-corrected chi connectivity index (χ3v) is 5.90. The van der Waals surface area contributed by atoms with E-state index in [9.17, 15) is 9.46 Å². The first-order chi connectivity index (χ1) is 13.3. The molecule has 2 aromatic rings. The van der Waals surface area contributed by atoms with Gasteiger partial charge in [-0.1, -0.05) is 79.7 Å². The largest absolute Gasteiger partial charge is 0.584 e. The minimum absolute atomic E-state index is 0.00725. The zero-order valence-corrected chi connectivity index (χ0v) is 19.9. The molecule has 4 nitrogen and oxygen atoms in total. The number of aryl methyl sites for hydroxylation is 2. The van der Waals surface area contributed by atoms with Crippen LogP contribution in [0.5, 0.6) is 11.5 Å². The maximum atomic E-state index is 12.8. The summed E-state index contributed by atoms with van der Waals surface area (Å²) in [6.07, 6.45) is 1.39. The molecule has 0 bridgehead atoms. The molecule has 0 radical (unpaired) electrons. The van der Waals surface area contributed by atoms with E-state index in [2.05, 4.69) is 41.5 Å². The van der Waals surface area contributed by atoms with E-state index >= 15 is 0 Å². The van der Waals surface area contributed by atoms with Crippen LogP contribution in [0.1, 0.15) is 77.6 Å². The molecule has 0 amide bonds. The van der Waals surface area contributed by atoms with Crippen LogP contribution in [0.4, 0.5) is 0 Å². The van der Waals surface area contributed by atoms with Gasteiger partial charge in [0.05, 0.1) is 0 Å². The molecular weight excluding hydrogens is 383 g/mol. The second-order valence-corrected chi connectivity index (χ2v) is 10.8. The minimum Gasteiger partial charge on any atom is -0.395 e. The fraction of sp³-hybridized carbons (Fsp3) is 0.500. The van der Waals surface area contributed by atoms with Crippen molar-refractivity contribution in [2.24, 2.45) is 0 Å². The number of hydrogen-bond donors (Lipinski definition) is 1. The van der Waals surface area contributed by atoms with Crippen molar-refractivity contribution < 1.29 is 18.5 Å². The summed E-state index contributed by atoms with van der Waals surface area (Å²) >= 11 is 0. The highest BCUT2D eigenvalue weighted by Gasteiger charge is 2.28. The molecule has 2 rings (SSSR count). The Morgan fingerprint density at radius 3 is 1.38 bits per heavy atom. The molecular formula is C24H35O4P. The van der Waals surface area contributed by atoms with Crippen LogP contribution in [0.2, 0.25) is 0 Å². The summed E-state index contributed by atoms with van der Waals surface area (Å²) in [5, 5.41) is 0. The highest BCUT2D eigenvalue weighted by molar-refractivity contribution is 7.48. The van der Waals surface area contributed by atoms with E-state index in [1.54, 1.807) is 12.1 Å². The van der Waals surface area contributed by atoms with Crippen LogP contribution in [0.25, 0.3) is 0 Å². The zero-order valence-electron chi connectivity index (χ0n) is 19.0. The molecule has 160 valence electrons. The number of phosphoric acid groups is 1. The Bertz CT molecular complexity index is 833. The molecule has 0 saturated heterocycles. The number of hydrogen-bond acceptors (Lipinski definition) is 3. The number of benzene rings is 2. The standard InChI is InChI=1S/C24H35O4P/c1-9-17-15-19(23(3,4)5)11-13-21(17)27-29(25,26)28-22-14-12-20(24(6,7)8)16-18(22)10-2/h11-16H,9-10H2,1-8H3,(H,25,26). The van der Waals surface area contributed by atoms with Crippen molar-refractivity contribution in [2.45, 2.75) is 79.1 Å². The Labute approximate surface area is 175 Å². The van der Waals surface area contributed by atoms with E-state index in [1.807, 2.05) is 38.1 Å². The molecule has 0 heterocycles. The van der Waals surface area contributed by atoms with Crippen molar-refractivity contribution in [1.29, 1.82) is 0 Å². The molecule has 0 aliphatic carbocycles. The SMILES string of the molecule is CCc1cc(C(C)(C)C)ccc1OP(=O)(O)Oc1ccc(C(C)(C)C)cc1CC. The van der Waals surface area contributed by atoms with Gasteiger partial charge < -0.3 is 9.05 Å². The fourth-order valence-corrected chi connectivity index (χ4v) is 3.98. The number of rotatable bonds is 6. The molecule has 1 N–H and O–H groups in total. The fourth-order valence-electron chi connectivity index (χ4n) is 3.09. The Morgan fingerprint density at radius 2 is 1.10 bits per heavy atom. The lowest BCUT2D eigenvalue weighted by Crippen LogP contribution is -2.12. The van der Waals surface area contributed by atoms with Gasteiger partial charge in [-0.2, -0.15) is 0 Å². The van der Waals surface area contributed by atoms with E-state index in [0.717, 1.165) is 22.3 Å². The molecule has 5 heteroatoms. The van der Waals surface area contributed by atoms with Crippen molar-refractivity contribution in [1.82, 2.24) is 0 Å². The summed E-state index contributed by atoms with van der Waals surface area (Å²) in [7, 11) is -4.33. The molecule has 0 unspecified atom stereocenters. The van der Waals surface area contributed by atoms with E-state index in [0.29, 0.717) is 24.3 Å². The minimum atomic E-state index is -4.33. The van der Waals surface area contributed by atoms with Crippen LogP contribution >= 0.6 is 7.82 Å². The van der Waals surface area contributed by atoms with Gasteiger partial charge >= 0.3 is 7.82 Å². The molecule has 0 atom stereocenters. The Kier molecular flexibility index (Phi) is 6.92. The van der Waals surface area contributed by atoms with Crippen LogP contribution in [-0.2, 0) is 28.2 Å². The lowest BCUT2D eigenvalue weighted by molar-refractivity contribution is 0.289. The monoisotopic (exact) mass is 418 g/mol. The molecule has 0 spiro atoms. The molecule has 0 aliphatic rings.